The Kier molecular flexibility index (Phi) is 3.43. The Bertz CT molecular complexity index is 590. The molecule has 1 aromatic rings. The molecule has 1 heteroatoms. The SMILES string of the molecule is CCC1CCC2C3CCc4cc(C=O)ccc4C3CCC12C. The third-order valence-electron chi connectivity index (χ3n) is 7.58. The van der Waals surface area contributed by atoms with Crippen molar-refractivity contribution in [2.75, 3.05) is 0 Å². The van der Waals surface area contributed by atoms with Crippen molar-refractivity contribution >= 4 is 6.29 Å². The van der Waals surface area contributed by atoms with Crippen LogP contribution in [0.3, 0.4) is 0 Å². The van der Waals surface area contributed by atoms with Crippen molar-refractivity contribution in [1.29, 1.82) is 0 Å². The van der Waals surface area contributed by atoms with E-state index < -0.39 is 0 Å². The van der Waals surface area contributed by atoms with E-state index in [9.17, 15) is 4.79 Å². The van der Waals surface area contributed by atoms with Crippen LogP contribution in [-0.4, -0.2) is 6.29 Å². The van der Waals surface area contributed by atoms with Crippen molar-refractivity contribution in [2.45, 2.75) is 64.7 Å². The molecule has 1 aromatic carbocycles. The largest absolute Gasteiger partial charge is 0.298 e. The molecule has 3 aliphatic rings. The molecule has 4 rings (SSSR count). The molecule has 5 unspecified atom stereocenters. The van der Waals surface area contributed by atoms with E-state index in [2.05, 4.69) is 26.0 Å². The maximum atomic E-state index is 11.0. The zero-order chi connectivity index (χ0) is 15.3. The van der Waals surface area contributed by atoms with Gasteiger partial charge in [0.2, 0.25) is 0 Å². The number of fused-ring (bicyclic) bond motifs is 5. The lowest BCUT2D eigenvalue weighted by Crippen LogP contribution is -2.42. The molecule has 0 N–H and O–H groups in total. The number of hydrogen-bond donors (Lipinski definition) is 0. The molecule has 2 fully saturated rings. The Balaban J connectivity index is 1.67. The molecule has 5 atom stereocenters. The minimum Gasteiger partial charge on any atom is -0.298 e. The van der Waals surface area contributed by atoms with Crippen molar-refractivity contribution in [1.82, 2.24) is 0 Å². The van der Waals surface area contributed by atoms with Gasteiger partial charge in [0.1, 0.15) is 6.29 Å². The molecular formula is C21H28O. The van der Waals surface area contributed by atoms with Gasteiger partial charge in [0.15, 0.2) is 0 Å². The molecule has 0 heterocycles. The van der Waals surface area contributed by atoms with Crippen LogP contribution in [0.15, 0.2) is 18.2 Å². The van der Waals surface area contributed by atoms with Crippen LogP contribution in [0.25, 0.3) is 0 Å². The molecule has 0 spiro atoms. The second-order valence-electron chi connectivity index (χ2n) is 8.22. The maximum absolute atomic E-state index is 11.0. The number of carbonyl (C=O) groups excluding carboxylic acids is 1. The third kappa shape index (κ3) is 1.94. The fourth-order valence-corrected chi connectivity index (χ4v) is 6.45. The molecule has 118 valence electrons. The number of carbonyl (C=O) groups is 1. The smallest absolute Gasteiger partial charge is 0.150 e. The second kappa shape index (κ2) is 5.22. The summed E-state index contributed by atoms with van der Waals surface area (Å²) in [5, 5.41) is 0. The Morgan fingerprint density at radius 1 is 1.23 bits per heavy atom. The molecular weight excluding hydrogens is 268 g/mol. The average Bonchev–Trinajstić information content (AvgIpc) is 2.90. The Morgan fingerprint density at radius 2 is 2.09 bits per heavy atom. The highest BCUT2D eigenvalue weighted by atomic mass is 16.1. The molecule has 0 saturated heterocycles. The monoisotopic (exact) mass is 296 g/mol. The Labute approximate surface area is 134 Å². The van der Waals surface area contributed by atoms with Gasteiger partial charge in [-0.3, -0.25) is 4.79 Å². The number of rotatable bonds is 2. The van der Waals surface area contributed by atoms with Crippen LogP contribution < -0.4 is 0 Å². The van der Waals surface area contributed by atoms with E-state index >= 15 is 0 Å². The van der Waals surface area contributed by atoms with Gasteiger partial charge in [0.05, 0.1) is 0 Å². The molecule has 0 bridgehead atoms. The lowest BCUT2D eigenvalue weighted by atomic mass is 9.54. The number of benzene rings is 1. The van der Waals surface area contributed by atoms with E-state index in [0.717, 1.165) is 35.5 Å². The second-order valence-corrected chi connectivity index (χ2v) is 8.22. The summed E-state index contributed by atoms with van der Waals surface area (Å²) in [6.45, 7) is 4.99. The van der Waals surface area contributed by atoms with E-state index in [0.29, 0.717) is 5.41 Å². The predicted octanol–water partition coefficient (Wildman–Crippen LogP) is 5.38. The lowest BCUT2D eigenvalue weighted by Gasteiger charge is -2.51. The fourth-order valence-electron chi connectivity index (χ4n) is 6.45. The van der Waals surface area contributed by atoms with Crippen LogP contribution in [0.5, 0.6) is 0 Å². The van der Waals surface area contributed by atoms with Crippen molar-refractivity contribution < 1.29 is 4.79 Å². The van der Waals surface area contributed by atoms with Gasteiger partial charge in [0.25, 0.3) is 0 Å². The van der Waals surface area contributed by atoms with Gasteiger partial charge >= 0.3 is 0 Å². The molecule has 3 aliphatic carbocycles. The number of aldehydes is 1. The summed E-state index contributed by atoms with van der Waals surface area (Å²) in [6.07, 6.45) is 10.6. The van der Waals surface area contributed by atoms with Gasteiger partial charge in [0, 0.05) is 5.56 Å². The van der Waals surface area contributed by atoms with Crippen LogP contribution in [0, 0.1) is 23.2 Å². The van der Waals surface area contributed by atoms with Gasteiger partial charge in [-0.25, -0.2) is 0 Å². The van der Waals surface area contributed by atoms with Crippen LogP contribution in [-0.2, 0) is 6.42 Å². The number of aryl methyl sites for hydroxylation is 1. The van der Waals surface area contributed by atoms with Crippen molar-refractivity contribution in [2.24, 2.45) is 23.2 Å². The zero-order valence-corrected chi connectivity index (χ0v) is 14.0. The van der Waals surface area contributed by atoms with Gasteiger partial charge in [-0.05, 0) is 84.8 Å². The minimum atomic E-state index is 0.607. The zero-order valence-electron chi connectivity index (χ0n) is 14.0. The van der Waals surface area contributed by atoms with Crippen molar-refractivity contribution in [3.05, 3.63) is 34.9 Å². The molecule has 0 radical (unpaired) electrons. The van der Waals surface area contributed by atoms with Crippen LogP contribution in [0.1, 0.15) is 79.8 Å². The normalized spacial score (nSPS) is 39.7. The number of hydrogen-bond acceptors (Lipinski definition) is 1. The van der Waals surface area contributed by atoms with Crippen molar-refractivity contribution in [3.63, 3.8) is 0 Å². The van der Waals surface area contributed by atoms with Crippen LogP contribution in [0.2, 0.25) is 0 Å². The molecule has 1 nitrogen and oxygen atoms in total. The van der Waals surface area contributed by atoms with E-state index in [1.807, 2.05) is 6.07 Å². The molecule has 0 aliphatic heterocycles. The van der Waals surface area contributed by atoms with E-state index in [1.54, 1.807) is 5.56 Å². The summed E-state index contributed by atoms with van der Waals surface area (Å²) in [5.74, 6) is 3.55. The van der Waals surface area contributed by atoms with Gasteiger partial charge in [-0.2, -0.15) is 0 Å². The molecule has 0 aromatic heterocycles. The standard InChI is InChI=1S/C21H28O/c1-3-16-6-9-20-19-8-5-15-12-14(13-22)4-7-17(15)18(19)10-11-21(16,20)2/h4,7,12-13,16,18-20H,3,5-6,8-11H2,1-2H3. The summed E-state index contributed by atoms with van der Waals surface area (Å²) in [4.78, 5) is 11.0. The summed E-state index contributed by atoms with van der Waals surface area (Å²) >= 11 is 0. The first-order valence-corrected chi connectivity index (χ1v) is 9.25. The van der Waals surface area contributed by atoms with E-state index in [-0.39, 0.29) is 0 Å². The minimum absolute atomic E-state index is 0.607. The van der Waals surface area contributed by atoms with Gasteiger partial charge < -0.3 is 0 Å². The summed E-state index contributed by atoms with van der Waals surface area (Å²) < 4.78 is 0. The highest BCUT2D eigenvalue weighted by Crippen LogP contribution is 2.63. The van der Waals surface area contributed by atoms with Gasteiger partial charge in [-0.1, -0.05) is 32.4 Å². The lowest BCUT2D eigenvalue weighted by molar-refractivity contribution is 0.0273. The highest BCUT2D eigenvalue weighted by Gasteiger charge is 2.53. The Morgan fingerprint density at radius 3 is 2.86 bits per heavy atom. The summed E-state index contributed by atoms with van der Waals surface area (Å²) in [6, 6.07) is 6.45. The highest BCUT2D eigenvalue weighted by molar-refractivity contribution is 5.75. The van der Waals surface area contributed by atoms with E-state index in [1.165, 1.54) is 50.5 Å². The Hall–Kier alpha value is -1.11. The summed E-state index contributed by atoms with van der Waals surface area (Å²) in [5.41, 5.74) is 4.49. The molecule has 22 heavy (non-hydrogen) atoms. The molecule has 2 saturated carbocycles. The van der Waals surface area contributed by atoms with E-state index in [4.69, 9.17) is 0 Å². The topological polar surface area (TPSA) is 17.1 Å². The molecule has 0 amide bonds. The van der Waals surface area contributed by atoms with Crippen molar-refractivity contribution in [3.8, 4) is 0 Å². The summed E-state index contributed by atoms with van der Waals surface area (Å²) in [7, 11) is 0. The van der Waals surface area contributed by atoms with Crippen LogP contribution >= 0.6 is 0 Å². The predicted molar refractivity (Wildman–Crippen MR) is 90.2 cm³/mol. The van der Waals surface area contributed by atoms with Crippen LogP contribution in [0.4, 0.5) is 0 Å². The first kappa shape index (κ1) is 14.5. The maximum Gasteiger partial charge on any atom is 0.150 e. The first-order valence-electron chi connectivity index (χ1n) is 9.25. The first-order chi connectivity index (χ1) is 10.7. The average molecular weight is 296 g/mol. The quantitative estimate of drug-likeness (QED) is 0.669. The fraction of sp³-hybridized carbons (Fsp3) is 0.667. The third-order valence-corrected chi connectivity index (χ3v) is 7.58. The van der Waals surface area contributed by atoms with Gasteiger partial charge in [-0.15, -0.1) is 0 Å².